The van der Waals surface area contributed by atoms with E-state index in [2.05, 4.69) is 32.2 Å². The van der Waals surface area contributed by atoms with Crippen LogP contribution in [0.2, 0.25) is 0 Å². The minimum atomic E-state index is -0.836. The average Bonchev–Trinajstić information content (AvgIpc) is 2.48. The molecule has 0 aromatic heterocycles. The summed E-state index contributed by atoms with van der Waals surface area (Å²) < 4.78 is 0. The van der Waals surface area contributed by atoms with E-state index in [9.17, 15) is 4.79 Å². The first-order valence-electron chi connectivity index (χ1n) is 9.16. The van der Waals surface area contributed by atoms with E-state index < -0.39 is 11.2 Å². The van der Waals surface area contributed by atoms with Crippen molar-refractivity contribution < 1.29 is 9.90 Å². The third kappa shape index (κ3) is 19.6. The quantitative estimate of drug-likeness (QED) is 0.192. The van der Waals surface area contributed by atoms with Crippen molar-refractivity contribution in [3.05, 3.63) is 0 Å². The van der Waals surface area contributed by atoms with Crippen molar-refractivity contribution in [2.75, 3.05) is 0 Å². The molecule has 0 saturated heterocycles. The first-order chi connectivity index (χ1) is 10.6. The van der Waals surface area contributed by atoms with Crippen molar-refractivity contribution in [3.63, 3.8) is 0 Å². The predicted molar refractivity (Wildman–Crippen MR) is 112 cm³/mol. The van der Waals surface area contributed by atoms with E-state index in [4.69, 9.17) is 5.11 Å². The number of hydrogen-bond acceptors (Lipinski definition) is 3. The molecule has 0 amide bonds. The fourth-order valence-corrected chi connectivity index (χ4v) is 3.51. The zero-order valence-corrected chi connectivity index (χ0v) is 16.1. The molecule has 1 N–H and O–H groups in total. The molecule has 0 spiro atoms. The first-order valence-corrected chi connectivity index (χ1v) is 10.2. The number of thiol groups is 2. The average molecular weight is 391 g/mol. The van der Waals surface area contributed by atoms with Gasteiger partial charge in [0, 0.05) is 5.25 Å². The van der Waals surface area contributed by atoms with Crippen LogP contribution in [0.5, 0.6) is 0 Å². The van der Waals surface area contributed by atoms with Crippen LogP contribution in [0.1, 0.15) is 96.8 Å². The second-order valence-electron chi connectivity index (χ2n) is 6.42. The van der Waals surface area contributed by atoms with E-state index in [0.717, 1.165) is 12.8 Å². The summed E-state index contributed by atoms with van der Waals surface area (Å²) >= 11 is 8.51. The first kappa shape index (κ1) is 26.7. The number of carbonyl (C=O) groups is 1. The minimum absolute atomic E-state index is 0. The number of aliphatic carboxylic acids is 1. The molecule has 5 heteroatoms. The zero-order valence-electron chi connectivity index (χ0n) is 14.3. The van der Waals surface area contributed by atoms with E-state index in [1.54, 1.807) is 0 Å². The fraction of sp³-hybridized carbons (Fsp3) is 0.944. The summed E-state index contributed by atoms with van der Waals surface area (Å²) in [5.41, 5.74) is 0. The van der Waals surface area contributed by atoms with Crippen LogP contribution in [0.3, 0.4) is 0 Å². The van der Waals surface area contributed by atoms with E-state index >= 15 is 0 Å². The molecule has 2 nitrogen and oxygen atoms in total. The Bertz CT molecular complexity index is 265. The van der Waals surface area contributed by atoms with E-state index in [0.29, 0.717) is 6.42 Å². The summed E-state index contributed by atoms with van der Waals surface area (Å²) in [6.07, 6.45) is 17.7. The molecular formula is C18H38CaO2S2. The normalized spacial score (nSPS) is 13.3. The molecule has 0 aliphatic rings. The second kappa shape index (κ2) is 19.8. The predicted octanol–water partition coefficient (Wildman–Crippen LogP) is 5.23. The molecule has 136 valence electrons. The molecule has 0 aromatic carbocycles. The van der Waals surface area contributed by atoms with Gasteiger partial charge in [-0.1, -0.05) is 84.0 Å². The van der Waals surface area contributed by atoms with Gasteiger partial charge in [-0.2, -0.15) is 25.3 Å². The van der Waals surface area contributed by atoms with Crippen molar-refractivity contribution in [1.82, 2.24) is 0 Å². The Morgan fingerprint density at radius 3 is 1.61 bits per heavy atom. The van der Waals surface area contributed by atoms with Crippen LogP contribution in [0.25, 0.3) is 0 Å². The molecule has 0 saturated carbocycles. The molecule has 0 radical (unpaired) electrons. The van der Waals surface area contributed by atoms with E-state index in [1.807, 2.05) is 0 Å². The number of carboxylic acid groups (broad SMARTS) is 1. The molecular weight excluding hydrogens is 352 g/mol. The molecule has 2 unspecified atom stereocenters. The van der Waals surface area contributed by atoms with Crippen LogP contribution < -0.4 is 0 Å². The molecule has 0 aromatic rings. The van der Waals surface area contributed by atoms with Gasteiger partial charge in [-0.3, -0.25) is 4.79 Å². The molecule has 0 bridgehead atoms. The van der Waals surface area contributed by atoms with Crippen LogP contribution in [0.4, 0.5) is 0 Å². The van der Waals surface area contributed by atoms with Gasteiger partial charge < -0.3 is 5.11 Å². The van der Waals surface area contributed by atoms with E-state index in [1.165, 1.54) is 70.6 Å². The monoisotopic (exact) mass is 390 g/mol. The van der Waals surface area contributed by atoms with Crippen LogP contribution >= 0.6 is 25.3 Å². The Labute approximate surface area is 184 Å². The fourth-order valence-electron chi connectivity index (χ4n) is 2.70. The van der Waals surface area contributed by atoms with Gasteiger partial charge in [0.2, 0.25) is 0 Å². The molecule has 0 fully saturated rings. The van der Waals surface area contributed by atoms with Gasteiger partial charge in [-0.15, -0.1) is 0 Å². The standard InChI is InChI=1S/C18H36O2S2.Ca.2H/c1-2-3-4-5-6-7-8-9-10-11-12-13-14-16(21)15-17(22)18(19)20;;;/h16-17,21-22H,2-15H2,1H3,(H,19,20);;;. The van der Waals surface area contributed by atoms with E-state index in [-0.39, 0.29) is 43.0 Å². The number of unbranched alkanes of at least 4 members (excludes halogenated alkanes) is 11. The Balaban J connectivity index is 0. The summed E-state index contributed by atoms with van der Waals surface area (Å²) in [6.45, 7) is 2.26. The van der Waals surface area contributed by atoms with Crippen molar-refractivity contribution >= 4 is 69.0 Å². The number of carboxylic acids is 1. The molecule has 2 atom stereocenters. The summed E-state index contributed by atoms with van der Waals surface area (Å²) in [7, 11) is 0. The molecule has 0 rings (SSSR count). The third-order valence-electron chi connectivity index (χ3n) is 4.17. The Hall–Kier alpha value is 1.43. The van der Waals surface area contributed by atoms with Crippen LogP contribution in [0, 0.1) is 0 Å². The van der Waals surface area contributed by atoms with Gasteiger partial charge in [0.1, 0.15) is 5.25 Å². The SMILES string of the molecule is CCCCCCCCCCCCCCC(S)CC(S)C(=O)O.[CaH2]. The summed E-state index contributed by atoms with van der Waals surface area (Å²) in [5, 5.41) is 8.39. The summed E-state index contributed by atoms with van der Waals surface area (Å²) in [4.78, 5) is 10.7. The summed E-state index contributed by atoms with van der Waals surface area (Å²) in [5.74, 6) is -0.836. The summed E-state index contributed by atoms with van der Waals surface area (Å²) in [6, 6.07) is 0. The van der Waals surface area contributed by atoms with Crippen LogP contribution in [0.15, 0.2) is 0 Å². The van der Waals surface area contributed by atoms with Gasteiger partial charge in [0.15, 0.2) is 0 Å². The third-order valence-corrected chi connectivity index (χ3v) is 5.07. The van der Waals surface area contributed by atoms with Crippen LogP contribution in [-0.2, 0) is 4.79 Å². The van der Waals surface area contributed by atoms with Gasteiger partial charge in [0.25, 0.3) is 0 Å². The van der Waals surface area contributed by atoms with Crippen molar-refractivity contribution in [3.8, 4) is 0 Å². The molecule has 23 heavy (non-hydrogen) atoms. The Morgan fingerprint density at radius 1 is 0.826 bits per heavy atom. The number of hydrogen-bond donors (Lipinski definition) is 3. The van der Waals surface area contributed by atoms with Gasteiger partial charge in [-0.05, 0) is 12.8 Å². The molecule has 0 heterocycles. The van der Waals surface area contributed by atoms with Crippen molar-refractivity contribution in [1.29, 1.82) is 0 Å². The van der Waals surface area contributed by atoms with Gasteiger partial charge >= 0.3 is 43.7 Å². The Kier molecular flexibility index (Phi) is 22.9. The van der Waals surface area contributed by atoms with Gasteiger partial charge in [0.05, 0.1) is 0 Å². The zero-order chi connectivity index (χ0) is 16.6. The second-order valence-corrected chi connectivity index (χ2v) is 7.77. The van der Waals surface area contributed by atoms with Crippen molar-refractivity contribution in [2.24, 2.45) is 0 Å². The van der Waals surface area contributed by atoms with Crippen molar-refractivity contribution in [2.45, 2.75) is 107 Å². The maximum absolute atomic E-state index is 10.7. The maximum atomic E-state index is 10.7. The molecule has 0 aliphatic carbocycles. The Morgan fingerprint density at radius 2 is 1.22 bits per heavy atom. The van der Waals surface area contributed by atoms with Crippen LogP contribution in [-0.4, -0.2) is 59.3 Å². The topological polar surface area (TPSA) is 37.3 Å². The van der Waals surface area contributed by atoms with Gasteiger partial charge in [-0.25, -0.2) is 0 Å². The number of rotatable bonds is 16. The molecule has 0 aliphatic heterocycles.